The van der Waals surface area contributed by atoms with Gasteiger partial charge in [-0.1, -0.05) is 23.9 Å². The van der Waals surface area contributed by atoms with Crippen LogP contribution in [0.4, 0.5) is 0 Å². The summed E-state index contributed by atoms with van der Waals surface area (Å²) in [6, 6.07) is 0. The van der Waals surface area contributed by atoms with Crippen LogP contribution < -0.4 is 5.73 Å². The van der Waals surface area contributed by atoms with E-state index in [9.17, 15) is 4.79 Å². The molecule has 0 radical (unpaired) electrons. The van der Waals surface area contributed by atoms with Gasteiger partial charge in [-0.25, -0.2) is 0 Å². The molecule has 0 saturated heterocycles. The quantitative estimate of drug-likeness (QED) is 0.818. The summed E-state index contributed by atoms with van der Waals surface area (Å²) in [5.41, 5.74) is 5.14. The number of rotatable bonds is 5. The Kier molecular flexibility index (Phi) is 4.41. The summed E-state index contributed by atoms with van der Waals surface area (Å²) in [4.78, 5) is 10.8. The van der Waals surface area contributed by atoms with Gasteiger partial charge >= 0.3 is 0 Å². The highest BCUT2D eigenvalue weighted by atomic mass is 32.2. The van der Waals surface area contributed by atoms with E-state index >= 15 is 0 Å². The van der Waals surface area contributed by atoms with Crippen molar-refractivity contribution >= 4 is 17.7 Å². The number of nitrogens with zero attached hydrogens (tertiary/aromatic N) is 3. The molecular weight excluding hydrogens is 248 g/mol. The fourth-order valence-electron chi connectivity index (χ4n) is 1.92. The molecule has 2 N–H and O–H groups in total. The largest absolute Gasteiger partial charge is 0.370 e. The van der Waals surface area contributed by atoms with E-state index in [0.717, 1.165) is 11.0 Å². The van der Waals surface area contributed by atoms with Crippen LogP contribution in [0.2, 0.25) is 0 Å². The fraction of sp³-hybridized carbons (Fsp3) is 0.583. The van der Waals surface area contributed by atoms with Crippen LogP contribution in [0.5, 0.6) is 0 Å². The number of hydrogen-bond donors (Lipinski definition) is 1. The molecule has 1 aromatic rings. The monoisotopic (exact) mass is 266 g/mol. The van der Waals surface area contributed by atoms with Crippen LogP contribution in [-0.4, -0.2) is 25.9 Å². The number of primary amides is 1. The van der Waals surface area contributed by atoms with Crippen molar-refractivity contribution in [1.82, 2.24) is 14.8 Å². The average Bonchev–Trinajstić information content (AvgIpc) is 2.70. The number of hydrogen-bond acceptors (Lipinski definition) is 4. The molecule has 0 bridgehead atoms. The molecule has 0 aliphatic heterocycles. The van der Waals surface area contributed by atoms with Crippen LogP contribution in [0, 0.1) is 0 Å². The van der Waals surface area contributed by atoms with Crippen molar-refractivity contribution in [2.24, 2.45) is 12.8 Å². The fourth-order valence-corrected chi connectivity index (χ4v) is 3.01. The van der Waals surface area contributed by atoms with Crippen LogP contribution >= 0.6 is 11.8 Å². The summed E-state index contributed by atoms with van der Waals surface area (Å²) in [7, 11) is 1.94. The molecule has 0 saturated carbocycles. The zero-order chi connectivity index (χ0) is 13.0. The van der Waals surface area contributed by atoms with Crippen LogP contribution in [0.1, 0.15) is 31.5 Å². The van der Waals surface area contributed by atoms with Crippen LogP contribution in [0.3, 0.4) is 0 Å². The normalized spacial score (nSPS) is 19.1. The number of carbonyl (C=O) groups is 1. The lowest BCUT2D eigenvalue weighted by molar-refractivity contribution is -0.118. The number of allylic oxidation sites excluding steroid dienone is 1. The lowest BCUT2D eigenvalue weighted by atomic mass is 10.1. The molecule has 1 amide bonds. The molecule has 0 aromatic carbocycles. The van der Waals surface area contributed by atoms with Crippen molar-refractivity contribution in [2.75, 3.05) is 0 Å². The van der Waals surface area contributed by atoms with Gasteiger partial charge in [0, 0.05) is 25.1 Å². The minimum Gasteiger partial charge on any atom is -0.370 e. The first-order valence-corrected chi connectivity index (χ1v) is 7.04. The first-order chi connectivity index (χ1) is 8.66. The predicted molar refractivity (Wildman–Crippen MR) is 71.2 cm³/mol. The average molecular weight is 266 g/mol. The molecule has 2 rings (SSSR count). The highest BCUT2D eigenvalue weighted by Crippen LogP contribution is 2.28. The van der Waals surface area contributed by atoms with Crippen molar-refractivity contribution in [3.05, 3.63) is 18.0 Å². The Morgan fingerprint density at radius 2 is 2.44 bits per heavy atom. The smallest absolute Gasteiger partial charge is 0.217 e. The molecular formula is C12H18N4OS. The molecule has 1 aromatic heterocycles. The van der Waals surface area contributed by atoms with Gasteiger partial charge < -0.3 is 10.3 Å². The number of thioether (sulfide) groups is 1. The topological polar surface area (TPSA) is 73.8 Å². The summed E-state index contributed by atoms with van der Waals surface area (Å²) < 4.78 is 1.95. The number of aryl methyl sites for hydroxylation is 1. The van der Waals surface area contributed by atoms with Gasteiger partial charge in [-0.3, -0.25) is 4.79 Å². The minimum atomic E-state index is -0.303. The Morgan fingerprint density at radius 3 is 3.11 bits per heavy atom. The van der Waals surface area contributed by atoms with Crippen LogP contribution in [0.25, 0.3) is 0 Å². The lowest BCUT2D eigenvalue weighted by Gasteiger charge is -2.14. The Labute approximate surface area is 111 Å². The van der Waals surface area contributed by atoms with Gasteiger partial charge in [0.2, 0.25) is 5.91 Å². The standard InChI is InChI=1S/C12H18N4OS/c1-16-11(8-7-10(13)17)14-15-12(16)18-9-5-3-2-4-6-9/h3,5,9H,2,4,6-8H2,1H3,(H2,13,17)/t9-/m0/s1. The predicted octanol–water partition coefficient (Wildman–Crippen LogP) is 1.43. The minimum absolute atomic E-state index is 0.303. The van der Waals surface area contributed by atoms with E-state index in [2.05, 4.69) is 22.3 Å². The maximum absolute atomic E-state index is 10.8. The number of nitrogens with two attached hydrogens (primary N) is 1. The van der Waals surface area contributed by atoms with Gasteiger partial charge in [-0.2, -0.15) is 0 Å². The third-order valence-electron chi connectivity index (χ3n) is 2.99. The lowest BCUT2D eigenvalue weighted by Crippen LogP contribution is -2.13. The van der Waals surface area contributed by atoms with E-state index < -0.39 is 0 Å². The van der Waals surface area contributed by atoms with E-state index in [-0.39, 0.29) is 5.91 Å². The van der Waals surface area contributed by atoms with Crippen molar-refractivity contribution in [3.63, 3.8) is 0 Å². The molecule has 18 heavy (non-hydrogen) atoms. The molecule has 6 heteroatoms. The van der Waals surface area contributed by atoms with Crippen LogP contribution in [-0.2, 0) is 18.3 Å². The van der Waals surface area contributed by atoms with Gasteiger partial charge in [0.25, 0.3) is 0 Å². The third-order valence-corrected chi connectivity index (χ3v) is 4.25. The molecule has 0 unspecified atom stereocenters. The van der Waals surface area contributed by atoms with Crippen LogP contribution in [0.15, 0.2) is 17.3 Å². The van der Waals surface area contributed by atoms with Crippen molar-refractivity contribution in [2.45, 2.75) is 42.5 Å². The maximum Gasteiger partial charge on any atom is 0.217 e. The van der Waals surface area contributed by atoms with E-state index in [4.69, 9.17) is 5.73 Å². The second-order valence-corrected chi connectivity index (χ2v) is 5.65. The highest BCUT2D eigenvalue weighted by Gasteiger charge is 2.15. The first-order valence-electron chi connectivity index (χ1n) is 6.16. The molecule has 1 aliphatic rings. The van der Waals surface area contributed by atoms with Gasteiger partial charge in [-0.15, -0.1) is 10.2 Å². The van der Waals surface area contributed by atoms with E-state index in [1.807, 2.05) is 11.6 Å². The van der Waals surface area contributed by atoms with Gasteiger partial charge in [0.05, 0.1) is 0 Å². The third kappa shape index (κ3) is 3.35. The van der Waals surface area contributed by atoms with Crippen molar-refractivity contribution in [3.8, 4) is 0 Å². The Balaban J connectivity index is 1.98. The van der Waals surface area contributed by atoms with Crippen molar-refractivity contribution < 1.29 is 4.79 Å². The van der Waals surface area contributed by atoms with E-state index in [1.165, 1.54) is 19.3 Å². The molecule has 1 aliphatic carbocycles. The van der Waals surface area contributed by atoms with Gasteiger partial charge in [0.1, 0.15) is 5.82 Å². The summed E-state index contributed by atoms with van der Waals surface area (Å²) in [6.45, 7) is 0. The molecule has 0 spiro atoms. The first kappa shape index (κ1) is 13.1. The summed E-state index contributed by atoms with van der Waals surface area (Å²) in [5.74, 6) is 0.513. The molecule has 1 heterocycles. The SMILES string of the molecule is Cn1c(CCC(N)=O)nnc1S[C@H]1C=CCCC1. The second-order valence-electron chi connectivity index (χ2n) is 4.44. The number of amides is 1. The van der Waals surface area contributed by atoms with Gasteiger partial charge in [-0.05, 0) is 19.3 Å². The highest BCUT2D eigenvalue weighted by molar-refractivity contribution is 7.99. The Bertz CT molecular complexity index is 455. The molecule has 1 atom stereocenters. The summed E-state index contributed by atoms with van der Waals surface area (Å²) in [6.07, 6.45) is 8.95. The van der Waals surface area contributed by atoms with Gasteiger partial charge in [0.15, 0.2) is 5.16 Å². The van der Waals surface area contributed by atoms with E-state index in [0.29, 0.717) is 18.1 Å². The van der Waals surface area contributed by atoms with E-state index in [1.54, 1.807) is 11.8 Å². The molecule has 0 fully saturated rings. The van der Waals surface area contributed by atoms with Crippen molar-refractivity contribution in [1.29, 1.82) is 0 Å². The Morgan fingerprint density at radius 1 is 1.61 bits per heavy atom. The summed E-state index contributed by atoms with van der Waals surface area (Å²) in [5, 5.41) is 9.69. The zero-order valence-corrected chi connectivity index (χ0v) is 11.3. The maximum atomic E-state index is 10.8. The number of carbonyl (C=O) groups excluding carboxylic acids is 1. The second kappa shape index (κ2) is 6.04. The summed E-state index contributed by atoms with van der Waals surface area (Å²) >= 11 is 1.73. The Hall–Kier alpha value is -1.30. The zero-order valence-electron chi connectivity index (χ0n) is 10.5. The number of aromatic nitrogens is 3. The molecule has 98 valence electrons. The molecule has 5 nitrogen and oxygen atoms in total.